The SMILES string of the molecule is CC(C)(C)[Si](OCC1C(OC2CCCCO2)CC(=O)N1C(=O)O)(c1ccccc1)c1ccccc1. The molecule has 8 heteroatoms. The van der Waals surface area contributed by atoms with Crippen LogP contribution in [0.4, 0.5) is 4.79 Å². The number of amides is 2. The fraction of sp³-hybridized carbons (Fsp3) is 0.481. The van der Waals surface area contributed by atoms with Gasteiger partial charge in [-0.25, -0.2) is 9.69 Å². The predicted molar refractivity (Wildman–Crippen MR) is 135 cm³/mol. The predicted octanol–water partition coefficient (Wildman–Crippen LogP) is 3.75. The van der Waals surface area contributed by atoms with Crippen LogP contribution in [-0.2, 0) is 18.7 Å². The maximum atomic E-state index is 12.7. The number of nitrogens with zero attached hydrogens (tertiary/aromatic N) is 1. The van der Waals surface area contributed by atoms with Crippen molar-refractivity contribution in [3.8, 4) is 0 Å². The highest BCUT2D eigenvalue weighted by molar-refractivity contribution is 6.99. The van der Waals surface area contributed by atoms with Gasteiger partial charge in [0.05, 0.1) is 25.2 Å². The van der Waals surface area contributed by atoms with E-state index in [1.54, 1.807) is 0 Å². The average molecular weight is 498 g/mol. The first-order valence-corrected chi connectivity index (χ1v) is 14.2. The minimum Gasteiger partial charge on any atom is -0.465 e. The third kappa shape index (κ3) is 5.21. The Kier molecular flexibility index (Phi) is 7.76. The maximum Gasteiger partial charge on any atom is 0.414 e. The van der Waals surface area contributed by atoms with Crippen LogP contribution in [0.25, 0.3) is 0 Å². The molecule has 0 aliphatic carbocycles. The van der Waals surface area contributed by atoms with E-state index >= 15 is 0 Å². The Balaban J connectivity index is 1.70. The lowest BCUT2D eigenvalue weighted by Crippen LogP contribution is -2.67. The summed E-state index contributed by atoms with van der Waals surface area (Å²) in [6, 6.07) is 19.6. The Labute approximate surface area is 208 Å². The third-order valence-corrected chi connectivity index (χ3v) is 12.0. The Bertz CT molecular complexity index is 964. The molecule has 1 N–H and O–H groups in total. The Morgan fingerprint density at radius 1 is 1.06 bits per heavy atom. The standard InChI is InChI=1S/C27H35NO6Si/c1-27(2,3)35(20-12-6-4-7-13-20,21-14-8-5-9-15-21)33-19-22-23(18-24(29)28(22)26(30)31)34-25-16-10-11-17-32-25/h4-9,12-15,22-23,25H,10-11,16-19H2,1-3H3,(H,30,31). The smallest absolute Gasteiger partial charge is 0.414 e. The Hall–Kier alpha value is -2.52. The second-order valence-corrected chi connectivity index (χ2v) is 14.6. The molecule has 2 amide bonds. The minimum absolute atomic E-state index is 0.000927. The summed E-state index contributed by atoms with van der Waals surface area (Å²) in [5, 5.41) is 11.8. The molecule has 0 radical (unpaired) electrons. The van der Waals surface area contributed by atoms with Crippen molar-refractivity contribution in [2.75, 3.05) is 13.2 Å². The number of imide groups is 1. The molecule has 3 unspecified atom stereocenters. The van der Waals surface area contributed by atoms with Crippen LogP contribution in [0.15, 0.2) is 60.7 Å². The molecule has 4 rings (SSSR count). The van der Waals surface area contributed by atoms with Gasteiger partial charge in [0.15, 0.2) is 6.29 Å². The number of benzene rings is 2. The molecule has 0 spiro atoms. The lowest BCUT2D eigenvalue weighted by atomic mass is 10.1. The molecule has 35 heavy (non-hydrogen) atoms. The molecule has 2 aromatic rings. The fourth-order valence-electron chi connectivity index (χ4n) is 5.31. The van der Waals surface area contributed by atoms with Gasteiger partial charge >= 0.3 is 6.09 Å². The van der Waals surface area contributed by atoms with Gasteiger partial charge in [0.25, 0.3) is 8.32 Å². The van der Waals surface area contributed by atoms with E-state index in [-0.39, 0.29) is 18.1 Å². The maximum absolute atomic E-state index is 12.7. The number of carbonyl (C=O) groups excluding carboxylic acids is 1. The van der Waals surface area contributed by atoms with E-state index in [4.69, 9.17) is 13.9 Å². The zero-order chi connectivity index (χ0) is 25.1. The van der Waals surface area contributed by atoms with Crippen molar-refractivity contribution in [3.63, 3.8) is 0 Å². The van der Waals surface area contributed by atoms with E-state index in [1.807, 2.05) is 36.4 Å². The van der Waals surface area contributed by atoms with Crippen molar-refractivity contribution in [1.82, 2.24) is 4.90 Å². The normalized spacial score (nSPS) is 23.5. The van der Waals surface area contributed by atoms with Crippen LogP contribution in [0.1, 0.15) is 46.5 Å². The molecule has 2 aliphatic rings. The summed E-state index contributed by atoms with van der Waals surface area (Å²) in [4.78, 5) is 25.7. The van der Waals surface area contributed by atoms with Crippen molar-refractivity contribution in [2.45, 2.75) is 69.9 Å². The van der Waals surface area contributed by atoms with Crippen molar-refractivity contribution < 1.29 is 28.6 Å². The molecule has 2 fully saturated rings. The monoisotopic (exact) mass is 497 g/mol. The topological polar surface area (TPSA) is 85.3 Å². The summed E-state index contributed by atoms with van der Waals surface area (Å²) in [5.74, 6) is -0.464. The molecule has 0 bridgehead atoms. The van der Waals surface area contributed by atoms with Gasteiger partial charge in [-0.05, 0) is 34.7 Å². The molecule has 0 saturated carbocycles. The number of ether oxygens (including phenoxy) is 2. The summed E-state index contributed by atoms with van der Waals surface area (Å²) < 4.78 is 18.9. The quantitative estimate of drug-likeness (QED) is 0.587. The van der Waals surface area contributed by atoms with Gasteiger partial charge in [-0.1, -0.05) is 81.4 Å². The third-order valence-electron chi connectivity index (χ3n) is 6.96. The van der Waals surface area contributed by atoms with E-state index in [0.29, 0.717) is 6.61 Å². The number of rotatable bonds is 7. The number of carboxylic acid groups (broad SMARTS) is 1. The van der Waals surface area contributed by atoms with Crippen molar-refractivity contribution >= 4 is 30.7 Å². The highest BCUT2D eigenvalue weighted by Crippen LogP contribution is 2.38. The number of carbonyl (C=O) groups is 2. The van der Waals surface area contributed by atoms with Crippen LogP contribution in [0.5, 0.6) is 0 Å². The molecule has 2 saturated heterocycles. The zero-order valence-corrected chi connectivity index (χ0v) is 21.7. The number of hydrogen-bond acceptors (Lipinski definition) is 5. The van der Waals surface area contributed by atoms with Crippen LogP contribution in [0, 0.1) is 0 Å². The highest BCUT2D eigenvalue weighted by Gasteiger charge is 2.53. The largest absolute Gasteiger partial charge is 0.465 e. The summed E-state index contributed by atoms with van der Waals surface area (Å²) in [6.07, 6.45) is 0.385. The lowest BCUT2D eigenvalue weighted by Gasteiger charge is -2.44. The number of likely N-dealkylation sites (tertiary alicyclic amines) is 1. The molecule has 7 nitrogen and oxygen atoms in total. The lowest BCUT2D eigenvalue weighted by molar-refractivity contribution is -0.192. The first kappa shape index (κ1) is 25.6. The fourth-order valence-corrected chi connectivity index (χ4v) is 9.89. The molecule has 3 atom stereocenters. The first-order valence-electron chi connectivity index (χ1n) is 12.3. The Morgan fingerprint density at radius 3 is 2.14 bits per heavy atom. The Morgan fingerprint density at radius 2 is 1.66 bits per heavy atom. The van der Waals surface area contributed by atoms with Crippen LogP contribution < -0.4 is 10.4 Å². The van der Waals surface area contributed by atoms with E-state index in [9.17, 15) is 14.7 Å². The van der Waals surface area contributed by atoms with Crippen molar-refractivity contribution in [3.05, 3.63) is 60.7 Å². The highest BCUT2D eigenvalue weighted by atomic mass is 28.4. The average Bonchev–Trinajstić information content (AvgIpc) is 3.15. The van der Waals surface area contributed by atoms with Crippen LogP contribution in [-0.4, -0.2) is 62.0 Å². The van der Waals surface area contributed by atoms with E-state index in [0.717, 1.165) is 34.5 Å². The van der Waals surface area contributed by atoms with Gasteiger partial charge in [-0.2, -0.15) is 0 Å². The molecular formula is C27H35NO6Si. The second kappa shape index (κ2) is 10.6. The van der Waals surface area contributed by atoms with Gasteiger partial charge in [0, 0.05) is 6.61 Å². The summed E-state index contributed by atoms with van der Waals surface area (Å²) >= 11 is 0. The summed E-state index contributed by atoms with van der Waals surface area (Å²) in [7, 11) is -2.90. The van der Waals surface area contributed by atoms with Gasteiger partial charge in [-0.15, -0.1) is 0 Å². The van der Waals surface area contributed by atoms with Gasteiger partial charge in [0.1, 0.15) is 0 Å². The molecule has 2 heterocycles. The molecular weight excluding hydrogens is 462 g/mol. The van der Waals surface area contributed by atoms with Crippen molar-refractivity contribution in [1.29, 1.82) is 0 Å². The summed E-state index contributed by atoms with van der Waals surface area (Å²) in [5.41, 5.74) is 0. The van der Waals surface area contributed by atoms with Gasteiger partial charge < -0.3 is 19.0 Å². The van der Waals surface area contributed by atoms with E-state index in [1.165, 1.54) is 0 Å². The van der Waals surface area contributed by atoms with Crippen LogP contribution >= 0.6 is 0 Å². The minimum atomic E-state index is -2.90. The second-order valence-electron chi connectivity index (χ2n) is 10.3. The molecule has 188 valence electrons. The molecule has 2 aromatic carbocycles. The number of hydrogen-bond donors (Lipinski definition) is 1. The van der Waals surface area contributed by atoms with Crippen LogP contribution in [0.3, 0.4) is 0 Å². The van der Waals surface area contributed by atoms with Crippen molar-refractivity contribution in [2.24, 2.45) is 0 Å². The molecule has 0 aromatic heterocycles. The zero-order valence-electron chi connectivity index (χ0n) is 20.7. The molecule has 2 aliphatic heterocycles. The summed E-state index contributed by atoms with van der Waals surface area (Å²) in [6.45, 7) is 7.16. The van der Waals surface area contributed by atoms with Crippen LogP contribution in [0.2, 0.25) is 5.04 Å². The van der Waals surface area contributed by atoms with E-state index < -0.39 is 38.8 Å². The van der Waals surface area contributed by atoms with Gasteiger partial charge in [0.2, 0.25) is 5.91 Å². The van der Waals surface area contributed by atoms with Gasteiger partial charge in [-0.3, -0.25) is 4.79 Å². The first-order chi connectivity index (χ1) is 16.7. The van der Waals surface area contributed by atoms with E-state index in [2.05, 4.69) is 45.0 Å².